The number of thioether (sulfide) groups is 1. The number of carbonyl (C=O) groups excluding carboxylic acids is 1. The molecule has 106 valence electrons. The molecule has 1 aliphatic heterocycles. The number of hydrazone groups is 1. The number of hydrogen-bond donors (Lipinski definition) is 3. The van der Waals surface area contributed by atoms with E-state index in [1.807, 2.05) is 24.3 Å². The van der Waals surface area contributed by atoms with Crippen LogP contribution in [0.25, 0.3) is 0 Å². The van der Waals surface area contributed by atoms with Crippen LogP contribution in [-0.2, 0) is 0 Å². The number of carbonyl (C=O) groups is 1. The molecule has 0 fully saturated rings. The SMILES string of the molecule is C/C(=N/NC(N)=O)c1ccc(NC2=NCCCS2)cc1. The van der Waals surface area contributed by atoms with Crippen LogP contribution in [-0.4, -0.2) is 29.2 Å². The summed E-state index contributed by atoms with van der Waals surface area (Å²) in [5, 5.41) is 8.13. The van der Waals surface area contributed by atoms with Gasteiger partial charge in [-0.3, -0.25) is 4.99 Å². The molecule has 0 aromatic heterocycles. The summed E-state index contributed by atoms with van der Waals surface area (Å²) in [6, 6.07) is 7.09. The summed E-state index contributed by atoms with van der Waals surface area (Å²) in [5.41, 5.74) is 9.77. The van der Waals surface area contributed by atoms with Gasteiger partial charge in [0.05, 0.1) is 5.71 Å². The number of rotatable bonds is 3. The molecule has 20 heavy (non-hydrogen) atoms. The Morgan fingerprint density at radius 1 is 1.40 bits per heavy atom. The second kappa shape index (κ2) is 6.95. The molecule has 7 heteroatoms. The molecule has 0 radical (unpaired) electrons. The third kappa shape index (κ3) is 4.27. The van der Waals surface area contributed by atoms with Gasteiger partial charge in [-0.25, -0.2) is 10.2 Å². The number of primary amides is 1. The van der Waals surface area contributed by atoms with Crippen molar-refractivity contribution in [2.45, 2.75) is 13.3 Å². The number of anilines is 1. The van der Waals surface area contributed by atoms with Gasteiger partial charge >= 0.3 is 6.03 Å². The average Bonchev–Trinajstić information content (AvgIpc) is 2.46. The van der Waals surface area contributed by atoms with E-state index < -0.39 is 6.03 Å². The molecule has 0 aliphatic carbocycles. The maximum Gasteiger partial charge on any atom is 0.332 e. The minimum absolute atomic E-state index is 0.671. The van der Waals surface area contributed by atoms with E-state index in [0.29, 0.717) is 5.71 Å². The molecule has 0 unspecified atom stereocenters. The summed E-state index contributed by atoms with van der Waals surface area (Å²) < 4.78 is 0. The zero-order valence-corrected chi connectivity index (χ0v) is 12.0. The van der Waals surface area contributed by atoms with Crippen LogP contribution in [0.3, 0.4) is 0 Å². The normalized spacial score (nSPS) is 15.4. The Hall–Kier alpha value is -2.02. The number of amidine groups is 1. The van der Waals surface area contributed by atoms with Crippen LogP contribution in [0.2, 0.25) is 0 Å². The number of benzene rings is 1. The Kier molecular flexibility index (Phi) is 5.00. The van der Waals surface area contributed by atoms with Gasteiger partial charge in [0.25, 0.3) is 0 Å². The first-order valence-corrected chi connectivity index (χ1v) is 7.28. The second-order valence-electron chi connectivity index (χ2n) is 4.26. The van der Waals surface area contributed by atoms with Crippen molar-refractivity contribution in [3.8, 4) is 0 Å². The largest absolute Gasteiger partial charge is 0.350 e. The van der Waals surface area contributed by atoms with Crippen LogP contribution in [0.15, 0.2) is 34.4 Å². The first-order chi connectivity index (χ1) is 9.65. The predicted octanol–water partition coefficient (Wildman–Crippen LogP) is 1.98. The average molecular weight is 291 g/mol. The first kappa shape index (κ1) is 14.4. The smallest absolute Gasteiger partial charge is 0.332 e. The molecule has 1 aromatic rings. The summed E-state index contributed by atoms with van der Waals surface area (Å²) in [4.78, 5) is 15.0. The van der Waals surface area contributed by atoms with Crippen molar-refractivity contribution < 1.29 is 4.79 Å². The maximum absolute atomic E-state index is 10.6. The lowest BCUT2D eigenvalue weighted by atomic mass is 10.1. The highest BCUT2D eigenvalue weighted by molar-refractivity contribution is 8.14. The molecule has 2 rings (SSSR count). The lowest BCUT2D eigenvalue weighted by Crippen LogP contribution is -2.25. The Balaban J connectivity index is 2.00. The number of hydrogen-bond acceptors (Lipinski definition) is 5. The quantitative estimate of drug-likeness (QED) is 0.587. The summed E-state index contributed by atoms with van der Waals surface area (Å²) in [7, 11) is 0. The van der Waals surface area contributed by atoms with Crippen LogP contribution < -0.4 is 16.5 Å². The number of aliphatic imine (C=N–C) groups is 1. The number of nitrogens with zero attached hydrogens (tertiary/aromatic N) is 2. The number of amides is 2. The van der Waals surface area contributed by atoms with Gasteiger partial charge in [0.2, 0.25) is 0 Å². The van der Waals surface area contributed by atoms with Crippen LogP contribution in [0.5, 0.6) is 0 Å². The summed E-state index contributed by atoms with van der Waals surface area (Å²) in [6.07, 6.45) is 1.14. The molecule has 0 atom stereocenters. The fourth-order valence-corrected chi connectivity index (χ4v) is 2.50. The molecule has 0 saturated carbocycles. The molecule has 6 nitrogen and oxygen atoms in total. The van der Waals surface area contributed by atoms with E-state index in [1.165, 1.54) is 0 Å². The first-order valence-electron chi connectivity index (χ1n) is 6.29. The molecule has 4 N–H and O–H groups in total. The van der Waals surface area contributed by atoms with Crippen LogP contribution in [0.1, 0.15) is 18.9 Å². The molecule has 1 aliphatic rings. The molecule has 1 heterocycles. The lowest BCUT2D eigenvalue weighted by molar-refractivity contribution is 0.249. The Bertz CT molecular complexity index is 538. The van der Waals surface area contributed by atoms with Crippen molar-refractivity contribution >= 4 is 34.4 Å². The topological polar surface area (TPSA) is 91.9 Å². The highest BCUT2D eigenvalue weighted by atomic mass is 32.2. The zero-order valence-electron chi connectivity index (χ0n) is 11.2. The highest BCUT2D eigenvalue weighted by Gasteiger charge is 2.06. The van der Waals surface area contributed by atoms with Gasteiger partial charge in [0.1, 0.15) is 0 Å². The minimum Gasteiger partial charge on any atom is -0.350 e. The molecule has 0 saturated heterocycles. The van der Waals surface area contributed by atoms with E-state index in [9.17, 15) is 4.79 Å². The fraction of sp³-hybridized carbons (Fsp3) is 0.308. The molecule has 0 bridgehead atoms. The number of urea groups is 1. The van der Waals surface area contributed by atoms with Crippen LogP contribution in [0.4, 0.5) is 10.5 Å². The lowest BCUT2D eigenvalue weighted by Gasteiger charge is -2.13. The molecule has 2 amide bonds. The van der Waals surface area contributed by atoms with Gasteiger partial charge < -0.3 is 11.1 Å². The van der Waals surface area contributed by atoms with Gasteiger partial charge in [0.15, 0.2) is 5.17 Å². The Morgan fingerprint density at radius 3 is 2.75 bits per heavy atom. The highest BCUT2D eigenvalue weighted by Crippen LogP contribution is 2.16. The van der Waals surface area contributed by atoms with Crippen molar-refractivity contribution in [3.05, 3.63) is 29.8 Å². The van der Waals surface area contributed by atoms with Crippen molar-refractivity contribution in [1.82, 2.24) is 5.43 Å². The van der Waals surface area contributed by atoms with Gasteiger partial charge in [-0.1, -0.05) is 23.9 Å². The summed E-state index contributed by atoms with van der Waals surface area (Å²) >= 11 is 1.73. The second-order valence-corrected chi connectivity index (χ2v) is 5.35. The van der Waals surface area contributed by atoms with Crippen molar-refractivity contribution in [1.29, 1.82) is 0 Å². The third-order valence-corrected chi connectivity index (χ3v) is 3.68. The van der Waals surface area contributed by atoms with Gasteiger partial charge in [-0.2, -0.15) is 5.10 Å². The number of nitrogens with two attached hydrogens (primary N) is 1. The van der Waals surface area contributed by atoms with E-state index in [4.69, 9.17) is 5.73 Å². The van der Waals surface area contributed by atoms with E-state index in [0.717, 1.165) is 35.1 Å². The van der Waals surface area contributed by atoms with Crippen molar-refractivity contribution in [2.24, 2.45) is 15.8 Å². The van der Waals surface area contributed by atoms with Crippen LogP contribution in [0, 0.1) is 0 Å². The Labute approximate surface area is 121 Å². The summed E-state index contributed by atoms with van der Waals surface area (Å²) in [6.45, 7) is 2.69. The zero-order chi connectivity index (χ0) is 14.4. The monoisotopic (exact) mass is 291 g/mol. The van der Waals surface area contributed by atoms with E-state index in [2.05, 4.69) is 20.8 Å². The molecule has 0 spiro atoms. The minimum atomic E-state index is -0.671. The van der Waals surface area contributed by atoms with E-state index in [1.54, 1.807) is 18.7 Å². The summed E-state index contributed by atoms with van der Waals surface area (Å²) in [5.74, 6) is 1.11. The van der Waals surface area contributed by atoms with Gasteiger partial charge in [0, 0.05) is 18.0 Å². The van der Waals surface area contributed by atoms with E-state index in [-0.39, 0.29) is 0 Å². The number of nitrogens with one attached hydrogen (secondary N) is 2. The Morgan fingerprint density at radius 2 is 2.15 bits per heavy atom. The van der Waals surface area contributed by atoms with Crippen LogP contribution >= 0.6 is 11.8 Å². The van der Waals surface area contributed by atoms with Crippen molar-refractivity contribution in [2.75, 3.05) is 17.6 Å². The van der Waals surface area contributed by atoms with E-state index >= 15 is 0 Å². The van der Waals surface area contributed by atoms with Gasteiger partial charge in [-0.05, 0) is 31.0 Å². The molecule has 1 aromatic carbocycles. The predicted molar refractivity (Wildman–Crippen MR) is 84.4 cm³/mol. The third-order valence-electron chi connectivity index (χ3n) is 2.68. The molecular weight excluding hydrogens is 274 g/mol. The molecular formula is C13H17N5OS. The maximum atomic E-state index is 10.6. The van der Waals surface area contributed by atoms with Crippen molar-refractivity contribution in [3.63, 3.8) is 0 Å². The fourth-order valence-electron chi connectivity index (χ4n) is 1.66. The standard InChI is InChI=1S/C13H17N5OS/c1-9(17-18-12(14)19)10-3-5-11(6-4-10)16-13-15-7-2-8-20-13/h3-6H,2,7-8H2,1H3,(H,15,16)(H3,14,18,19)/b17-9-. The van der Waals surface area contributed by atoms with Gasteiger partial charge in [-0.15, -0.1) is 0 Å².